The lowest BCUT2D eigenvalue weighted by molar-refractivity contribution is -0.0941. The topological polar surface area (TPSA) is 60.7 Å². The first-order chi connectivity index (χ1) is 7.20. The van der Waals surface area contributed by atoms with Gasteiger partial charge in [0.15, 0.2) is 0 Å². The Morgan fingerprint density at radius 3 is 2.20 bits per heavy atom. The average molecular weight is 208 g/mol. The summed E-state index contributed by atoms with van der Waals surface area (Å²) in [6.07, 6.45) is -1.43. The second-order valence-electron chi connectivity index (χ2n) is 4.14. The molecule has 82 valence electrons. The van der Waals surface area contributed by atoms with Crippen LogP contribution in [0.5, 0.6) is 0 Å². The van der Waals surface area contributed by atoms with E-state index in [1.165, 1.54) is 0 Å². The first kappa shape index (κ1) is 10.6. The van der Waals surface area contributed by atoms with E-state index in [-0.39, 0.29) is 5.92 Å². The van der Waals surface area contributed by atoms with Crippen molar-refractivity contribution in [2.75, 3.05) is 0 Å². The van der Waals surface area contributed by atoms with Crippen LogP contribution in [0.15, 0.2) is 30.3 Å². The SMILES string of the molecule is O[C@H]1[C@H](O)[C@H](c2ccccc2)CC[C@@H]1O. The summed E-state index contributed by atoms with van der Waals surface area (Å²) in [5.74, 6) is -0.0652. The third-order valence-electron chi connectivity index (χ3n) is 3.16. The summed E-state index contributed by atoms with van der Waals surface area (Å²) in [7, 11) is 0. The van der Waals surface area contributed by atoms with Gasteiger partial charge in [-0.05, 0) is 18.4 Å². The molecule has 3 nitrogen and oxygen atoms in total. The van der Waals surface area contributed by atoms with Crippen molar-refractivity contribution in [2.45, 2.75) is 37.1 Å². The molecule has 0 aliphatic heterocycles. The maximum Gasteiger partial charge on any atom is 0.106 e. The van der Waals surface area contributed by atoms with E-state index in [2.05, 4.69) is 0 Å². The number of aliphatic hydroxyl groups is 3. The van der Waals surface area contributed by atoms with Crippen LogP contribution in [-0.4, -0.2) is 33.6 Å². The highest BCUT2D eigenvalue weighted by Gasteiger charge is 2.36. The first-order valence-electron chi connectivity index (χ1n) is 5.29. The third-order valence-corrected chi connectivity index (χ3v) is 3.16. The predicted octanol–water partition coefficient (Wildman–Crippen LogP) is 0.647. The van der Waals surface area contributed by atoms with E-state index in [4.69, 9.17) is 0 Å². The van der Waals surface area contributed by atoms with Crippen molar-refractivity contribution >= 4 is 0 Å². The van der Waals surface area contributed by atoms with E-state index in [0.29, 0.717) is 12.8 Å². The Bertz CT molecular complexity index is 312. The zero-order valence-corrected chi connectivity index (χ0v) is 8.45. The van der Waals surface area contributed by atoms with Crippen LogP contribution in [0.3, 0.4) is 0 Å². The fraction of sp³-hybridized carbons (Fsp3) is 0.500. The van der Waals surface area contributed by atoms with Crippen LogP contribution in [0.2, 0.25) is 0 Å². The maximum atomic E-state index is 9.85. The molecule has 3 N–H and O–H groups in total. The molecule has 4 atom stereocenters. The van der Waals surface area contributed by atoms with Gasteiger partial charge in [-0.3, -0.25) is 0 Å². The van der Waals surface area contributed by atoms with Crippen LogP contribution in [0.25, 0.3) is 0 Å². The molecule has 15 heavy (non-hydrogen) atoms. The Balaban J connectivity index is 2.17. The van der Waals surface area contributed by atoms with Gasteiger partial charge < -0.3 is 15.3 Å². The summed E-state index contributed by atoms with van der Waals surface area (Å²) >= 11 is 0. The van der Waals surface area contributed by atoms with E-state index in [9.17, 15) is 15.3 Å². The molecule has 0 amide bonds. The lowest BCUT2D eigenvalue weighted by Gasteiger charge is -2.35. The van der Waals surface area contributed by atoms with E-state index in [1.807, 2.05) is 30.3 Å². The highest BCUT2D eigenvalue weighted by atomic mass is 16.4. The second-order valence-corrected chi connectivity index (χ2v) is 4.14. The van der Waals surface area contributed by atoms with Gasteiger partial charge in [0.05, 0.1) is 12.2 Å². The molecule has 1 aliphatic carbocycles. The molecule has 0 spiro atoms. The minimum absolute atomic E-state index is 0.0652. The van der Waals surface area contributed by atoms with Crippen LogP contribution in [-0.2, 0) is 0 Å². The Morgan fingerprint density at radius 2 is 1.53 bits per heavy atom. The van der Waals surface area contributed by atoms with Gasteiger partial charge in [-0.25, -0.2) is 0 Å². The van der Waals surface area contributed by atoms with Gasteiger partial charge in [-0.15, -0.1) is 0 Å². The fourth-order valence-electron chi connectivity index (χ4n) is 2.22. The average Bonchev–Trinajstić information content (AvgIpc) is 2.27. The van der Waals surface area contributed by atoms with Crippen LogP contribution in [0.1, 0.15) is 24.3 Å². The summed E-state index contributed by atoms with van der Waals surface area (Å²) in [6.45, 7) is 0. The molecule has 3 heteroatoms. The maximum absolute atomic E-state index is 9.85. The molecule has 0 saturated heterocycles. The van der Waals surface area contributed by atoms with Gasteiger partial charge in [0, 0.05) is 5.92 Å². The zero-order valence-electron chi connectivity index (χ0n) is 8.45. The standard InChI is InChI=1S/C12H16O3/c13-10-7-6-9(11(14)12(10)15)8-4-2-1-3-5-8/h1-5,9-15H,6-7H2/t9-,10-,11+,12+/m0/s1. The number of rotatable bonds is 1. The van der Waals surface area contributed by atoms with Crippen molar-refractivity contribution in [3.63, 3.8) is 0 Å². The quantitative estimate of drug-likeness (QED) is 0.635. The molecule has 0 heterocycles. The summed E-state index contributed by atoms with van der Waals surface area (Å²) in [5.41, 5.74) is 1.02. The molecule has 0 radical (unpaired) electrons. The van der Waals surface area contributed by atoms with Crippen molar-refractivity contribution in [1.82, 2.24) is 0 Å². The molecule has 0 bridgehead atoms. The highest BCUT2D eigenvalue weighted by molar-refractivity contribution is 5.22. The Morgan fingerprint density at radius 1 is 0.867 bits per heavy atom. The van der Waals surface area contributed by atoms with Crippen molar-refractivity contribution in [2.24, 2.45) is 0 Å². The molecule has 0 unspecified atom stereocenters. The minimum atomic E-state index is -1.02. The van der Waals surface area contributed by atoms with Gasteiger partial charge in [0.1, 0.15) is 6.10 Å². The molecule has 1 aromatic rings. The molecule has 1 fully saturated rings. The van der Waals surface area contributed by atoms with E-state index in [1.54, 1.807) is 0 Å². The smallest absolute Gasteiger partial charge is 0.106 e. The summed E-state index contributed by atoms with van der Waals surface area (Å²) in [5, 5.41) is 28.8. The molecule has 1 saturated carbocycles. The van der Waals surface area contributed by atoms with Crippen molar-refractivity contribution < 1.29 is 15.3 Å². The molecule has 1 aromatic carbocycles. The number of hydrogen-bond donors (Lipinski definition) is 3. The van der Waals surface area contributed by atoms with E-state index in [0.717, 1.165) is 5.56 Å². The molecular weight excluding hydrogens is 192 g/mol. The van der Waals surface area contributed by atoms with Crippen LogP contribution in [0.4, 0.5) is 0 Å². The van der Waals surface area contributed by atoms with Crippen molar-refractivity contribution in [1.29, 1.82) is 0 Å². The first-order valence-corrected chi connectivity index (χ1v) is 5.29. The van der Waals surface area contributed by atoms with Gasteiger partial charge in [-0.2, -0.15) is 0 Å². The molecule has 1 aliphatic rings. The van der Waals surface area contributed by atoms with Crippen LogP contribution < -0.4 is 0 Å². The monoisotopic (exact) mass is 208 g/mol. The van der Waals surface area contributed by atoms with E-state index >= 15 is 0 Å². The van der Waals surface area contributed by atoms with Gasteiger partial charge in [0.25, 0.3) is 0 Å². The summed E-state index contributed by atoms with van der Waals surface area (Å²) in [4.78, 5) is 0. The molecule has 2 rings (SSSR count). The Kier molecular flexibility index (Phi) is 3.05. The normalized spacial score (nSPS) is 36.5. The van der Waals surface area contributed by atoms with E-state index < -0.39 is 18.3 Å². The van der Waals surface area contributed by atoms with Crippen molar-refractivity contribution in [3.8, 4) is 0 Å². The van der Waals surface area contributed by atoms with Gasteiger partial charge >= 0.3 is 0 Å². The number of hydrogen-bond acceptors (Lipinski definition) is 3. The summed E-state index contributed by atoms with van der Waals surface area (Å²) in [6, 6.07) is 9.64. The van der Waals surface area contributed by atoms with Gasteiger partial charge in [0.2, 0.25) is 0 Å². The number of aliphatic hydroxyl groups excluding tert-OH is 3. The van der Waals surface area contributed by atoms with Crippen molar-refractivity contribution in [3.05, 3.63) is 35.9 Å². The lowest BCUT2D eigenvalue weighted by atomic mass is 9.79. The third kappa shape index (κ3) is 2.04. The predicted molar refractivity (Wildman–Crippen MR) is 56.4 cm³/mol. The second kappa shape index (κ2) is 4.31. The van der Waals surface area contributed by atoms with Crippen LogP contribution >= 0.6 is 0 Å². The zero-order chi connectivity index (χ0) is 10.8. The Hall–Kier alpha value is -0.900. The van der Waals surface area contributed by atoms with Gasteiger partial charge in [-0.1, -0.05) is 30.3 Å². The lowest BCUT2D eigenvalue weighted by Crippen LogP contribution is -2.45. The van der Waals surface area contributed by atoms with Crippen LogP contribution in [0, 0.1) is 0 Å². The molecule has 0 aromatic heterocycles. The molecular formula is C12H16O3. The highest BCUT2D eigenvalue weighted by Crippen LogP contribution is 2.33. The fourth-order valence-corrected chi connectivity index (χ4v) is 2.22. The number of benzene rings is 1. The largest absolute Gasteiger partial charge is 0.390 e. The Labute approximate surface area is 89.0 Å². The summed E-state index contributed by atoms with van der Waals surface area (Å²) < 4.78 is 0. The minimum Gasteiger partial charge on any atom is -0.390 e.